The standard InChI is InChI=1S/C25H29N3O5/c1-25-13-27-18-10-16(9-15-4-2-3-5-17(15)26-24(25)32)33-22(18)11-19(27)23(31)28(25)12-14-6-7-20(29)21(30)8-14/h6-8,11,15-17,29-30H,2-5,9-10,12-13H2,1H3,(H,26,32). The van der Waals surface area contributed by atoms with Gasteiger partial charge in [0, 0.05) is 25.1 Å². The van der Waals surface area contributed by atoms with Gasteiger partial charge in [-0.25, -0.2) is 0 Å². The number of nitrogens with zero attached hydrogens (tertiary/aromatic N) is 2. The number of carbonyl (C=O) groups excluding carboxylic acids is 2. The van der Waals surface area contributed by atoms with Crippen molar-refractivity contribution < 1.29 is 24.5 Å². The van der Waals surface area contributed by atoms with Gasteiger partial charge in [-0.1, -0.05) is 18.9 Å². The van der Waals surface area contributed by atoms with Crippen LogP contribution in [0.2, 0.25) is 0 Å². The molecule has 3 N–H and O–H groups in total. The van der Waals surface area contributed by atoms with Crippen LogP contribution in [0.25, 0.3) is 0 Å². The van der Waals surface area contributed by atoms with Crippen molar-refractivity contribution >= 4 is 11.8 Å². The fraction of sp³-hybridized carbons (Fsp3) is 0.520. The predicted molar refractivity (Wildman–Crippen MR) is 119 cm³/mol. The molecule has 4 aliphatic rings. The minimum atomic E-state index is -1.10. The van der Waals surface area contributed by atoms with E-state index >= 15 is 0 Å². The summed E-state index contributed by atoms with van der Waals surface area (Å²) in [6.07, 6.45) is 6.04. The Balaban J connectivity index is 1.44. The smallest absolute Gasteiger partial charge is 0.271 e. The molecule has 2 aromatic rings. The maximum absolute atomic E-state index is 13.8. The number of nitrogens with one attached hydrogen (secondary N) is 1. The van der Waals surface area contributed by atoms with E-state index < -0.39 is 5.54 Å². The molecule has 1 fully saturated rings. The van der Waals surface area contributed by atoms with Crippen LogP contribution in [0.1, 0.15) is 60.8 Å². The molecule has 33 heavy (non-hydrogen) atoms. The second-order valence-electron chi connectivity index (χ2n) is 10.2. The molecule has 1 aromatic heterocycles. The number of hydrogen-bond donors (Lipinski definition) is 3. The van der Waals surface area contributed by atoms with Gasteiger partial charge >= 0.3 is 0 Å². The van der Waals surface area contributed by atoms with Crippen molar-refractivity contribution in [3.05, 3.63) is 41.2 Å². The van der Waals surface area contributed by atoms with Crippen LogP contribution in [0.5, 0.6) is 17.2 Å². The molecule has 4 unspecified atom stereocenters. The quantitative estimate of drug-likeness (QED) is 0.609. The van der Waals surface area contributed by atoms with Gasteiger partial charge in [0.15, 0.2) is 11.5 Å². The van der Waals surface area contributed by atoms with Gasteiger partial charge in [-0.05, 0) is 49.8 Å². The van der Waals surface area contributed by atoms with Gasteiger partial charge in [0.05, 0.1) is 12.2 Å². The Morgan fingerprint density at radius 1 is 1.15 bits per heavy atom. The molecule has 0 spiro atoms. The van der Waals surface area contributed by atoms with Crippen molar-refractivity contribution in [3.63, 3.8) is 0 Å². The van der Waals surface area contributed by atoms with Crippen molar-refractivity contribution in [2.45, 2.75) is 76.2 Å². The number of amides is 2. The molecule has 3 aliphatic heterocycles. The Bertz CT molecular complexity index is 1160. The topological polar surface area (TPSA) is 104 Å². The van der Waals surface area contributed by atoms with Crippen LogP contribution >= 0.6 is 0 Å². The normalized spacial score (nSPS) is 30.5. The Kier molecular flexibility index (Phi) is 4.44. The molecule has 1 saturated carbocycles. The Morgan fingerprint density at radius 3 is 2.79 bits per heavy atom. The molecule has 4 heterocycles. The summed E-state index contributed by atoms with van der Waals surface area (Å²) < 4.78 is 8.28. The van der Waals surface area contributed by atoms with E-state index in [-0.39, 0.29) is 42.0 Å². The minimum absolute atomic E-state index is 0.0792. The zero-order valence-corrected chi connectivity index (χ0v) is 18.7. The lowest BCUT2D eigenvalue weighted by molar-refractivity contribution is -0.134. The first-order valence-electron chi connectivity index (χ1n) is 11.9. The zero-order valence-electron chi connectivity index (χ0n) is 18.7. The van der Waals surface area contributed by atoms with Crippen LogP contribution in [0.4, 0.5) is 0 Å². The van der Waals surface area contributed by atoms with Crippen LogP contribution in [-0.2, 0) is 24.3 Å². The molecule has 8 heteroatoms. The first-order chi connectivity index (χ1) is 15.8. The molecule has 0 radical (unpaired) electrons. The first-order valence-corrected chi connectivity index (χ1v) is 11.9. The van der Waals surface area contributed by atoms with E-state index in [0.717, 1.165) is 43.5 Å². The summed E-state index contributed by atoms with van der Waals surface area (Å²) in [6.45, 7) is 2.33. The van der Waals surface area contributed by atoms with Crippen LogP contribution in [0.15, 0.2) is 24.3 Å². The van der Waals surface area contributed by atoms with E-state index in [1.54, 1.807) is 11.0 Å². The summed E-state index contributed by atoms with van der Waals surface area (Å²) in [5.41, 5.74) is 1.08. The maximum Gasteiger partial charge on any atom is 0.271 e. The molecule has 8 nitrogen and oxygen atoms in total. The second kappa shape index (κ2) is 7.17. The van der Waals surface area contributed by atoms with E-state index in [9.17, 15) is 19.8 Å². The van der Waals surface area contributed by atoms with Gasteiger partial charge in [-0.2, -0.15) is 0 Å². The molecule has 1 aliphatic carbocycles. The highest BCUT2D eigenvalue weighted by molar-refractivity contribution is 6.00. The number of aromatic nitrogens is 1. The molecule has 6 rings (SSSR count). The number of phenolic OH excluding ortho intramolecular Hbond substituents is 2. The van der Waals surface area contributed by atoms with E-state index in [1.165, 1.54) is 18.6 Å². The number of phenols is 2. The molecular formula is C25H29N3O5. The maximum atomic E-state index is 13.8. The second-order valence-corrected chi connectivity index (χ2v) is 10.2. The van der Waals surface area contributed by atoms with Crippen LogP contribution < -0.4 is 10.1 Å². The highest BCUT2D eigenvalue weighted by Gasteiger charge is 2.50. The van der Waals surface area contributed by atoms with Crippen LogP contribution in [0.3, 0.4) is 0 Å². The van der Waals surface area contributed by atoms with E-state index in [4.69, 9.17) is 4.74 Å². The largest absolute Gasteiger partial charge is 0.504 e. The molecule has 174 valence electrons. The number of aromatic hydroxyl groups is 2. The predicted octanol–water partition coefficient (Wildman–Crippen LogP) is 2.70. The molecule has 1 aromatic carbocycles. The van der Waals surface area contributed by atoms with Crippen LogP contribution in [-0.4, -0.2) is 49.2 Å². The van der Waals surface area contributed by atoms with E-state index in [1.807, 2.05) is 17.6 Å². The third kappa shape index (κ3) is 3.10. The summed E-state index contributed by atoms with van der Waals surface area (Å²) in [6, 6.07) is 6.40. The van der Waals surface area contributed by atoms with Gasteiger partial charge < -0.3 is 29.7 Å². The molecule has 4 atom stereocenters. The average molecular weight is 452 g/mol. The van der Waals surface area contributed by atoms with E-state index in [2.05, 4.69) is 5.32 Å². The fourth-order valence-corrected chi connectivity index (χ4v) is 6.19. The monoisotopic (exact) mass is 451 g/mol. The number of benzene rings is 1. The van der Waals surface area contributed by atoms with Gasteiger partial charge in [0.1, 0.15) is 23.1 Å². The fourth-order valence-electron chi connectivity index (χ4n) is 6.19. The summed E-state index contributed by atoms with van der Waals surface area (Å²) in [5, 5.41) is 23.0. The Hall–Kier alpha value is -3.16. The molecule has 0 saturated heterocycles. The van der Waals surface area contributed by atoms with Gasteiger partial charge in [-0.3, -0.25) is 9.59 Å². The molecule has 4 bridgehead atoms. The summed E-state index contributed by atoms with van der Waals surface area (Å²) in [4.78, 5) is 29.2. The highest BCUT2D eigenvalue weighted by atomic mass is 16.5. The lowest BCUT2D eigenvalue weighted by Crippen LogP contribution is -2.65. The van der Waals surface area contributed by atoms with Gasteiger partial charge in [0.2, 0.25) is 5.91 Å². The van der Waals surface area contributed by atoms with Crippen molar-refractivity contribution in [1.29, 1.82) is 0 Å². The van der Waals surface area contributed by atoms with Crippen molar-refractivity contribution in [2.24, 2.45) is 5.92 Å². The molecular weight excluding hydrogens is 422 g/mol. The van der Waals surface area contributed by atoms with Crippen molar-refractivity contribution in [2.75, 3.05) is 0 Å². The average Bonchev–Trinajstić information content (AvgIpc) is 3.32. The summed E-state index contributed by atoms with van der Waals surface area (Å²) in [7, 11) is 0. The van der Waals surface area contributed by atoms with Crippen molar-refractivity contribution in [3.8, 4) is 17.2 Å². The van der Waals surface area contributed by atoms with E-state index in [0.29, 0.717) is 23.7 Å². The number of hydrogen-bond acceptors (Lipinski definition) is 5. The van der Waals surface area contributed by atoms with Gasteiger partial charge in [0.25, 0.3) is 5.91 Å². The number of fused-ring (bicyclic) bond motifs is 3. The number of ether oxygens (including phenoxy) is 1. The molecule has 2 amide bonds. The SMILES string of the molecule is CC12Cn3c(cc4c3CC(CC3CCCCC3NC1=O)O4)C(=O)N2Cc1ccc(O)c(O)c1. The van der Waals surface area contributed by atoms with Gasteiger partial charge in [-0.15, -0.1) is 0 Å². The Morgan fingerprint density at radius 2 is 1.97 bits per heavy atom. The van der Waals surface area contributed by atoms with Crippen molar-refractivity contribution in [1.82, 2.24) is 14.8 Å². The number of rotatable bonds is 2. The first kappa shape index (κ1) is 20.4. The highest BCUT2D eigenvalue weighted by Crippen LogP contribution is 2.42. The Labute approximate surface area is 192 Å². The van der Waals surface area contributed by atoms with Crippen LogP contribution in [0, 0.1) is 5.92 Å². The third-order valence-corrected chi connectivity index (χ3v) is 8.07. The minimum Gasteiger partial charge on any atom is -0.504 e. The summed E-state index contributed by atoms with van der Waals surface area (Å²) >= 11 is 0. The zero-order chi connectivity index (χ0) is 22.9. The lowest BCUT2D eigenvalue weighted by atomic mass is 9.80. The third-order valence-electron chi connectivity index (χ3n) is 8.07. The summed E-state index contributed by atoms with van der Waals surface area (Å²) in [5.74, 6) is 0.293. The lowest BCUT2D eigenvalue weighted by Gasteiger charge is -2.45. The number of carbonyl (C=O) groups is 2.